The third-order valence-corrected chi connectivity index (χ3v) is 5.92. The van der Waals surface area contributed by atoms with Gasteiger partial charge in [0.2, 0.25) is 5.91 Å². The van der Waals surface area contributed by atoms with Gasteiger partial charge in [0.15, 0.2) is 5.82 Å². The summed E-state index contributed by atoms with van der Waals surface area (Å²) in [7, 11) is 1.50. The molecule has 0 aliphatic carbocycles. The van der Waals surface area contributed by atoms with Crippen LogP contribution in [0.4, 0.5) is 13.2 Å². The summed E-state index contributed by atoms with van der Waals surface area (Å²) in [4.78, 5) is 38.8. The van der Waals surface area contributed by atoms with Crippen LogP contribution >= 0.6 is 0 Å². The van der Waals surface area contributed by atoms with Crippen LogP contribution in [0.3, 0.4) is 0 Å². The van der Waals surface area contributed by atoms with Gasteiger partial charge >= 0.3 is 11.9 Å². The predicted octanol–water partition coefficient (Wildman–Crippen LogP) is 2.85. The number of nitrogens with two attached hydrogens (primary N) is 1. The average molecular weight is 527 g/mol. The molecule has 5 aromatic rings. The second-order valence-corrected chi connectivity index (χ2v) is 8.35. The van der Waals surface area contributed by atoms with Gasteiger partial charge in [-0.2, -0.15) is 13.2 Å². The number of carbonyl (C=O) groups excluding carboxylic acids is 1. The molecule has 5 rings (SSSR count). The van der Waals surface area contributed by atoms with Gasteiger partial charge in [0.1, 0.15) is 12.6 Å². The number of amides is 1. The molecule has 38 heavy (non-hydrogen) atoms. The van der Waals surface area contributed by atoms with E-state index in [1.54, 1.807) is 37.6 Å². The Labute approximate surface area is 214 Å². The number of aryl methyl sites for hydroxylation is 1. The summed E-state index contributed by atoms with van der Waals surface area (Å²) in [5, 5.41) is 1.89. The predicted molar refractivity (Wildman–Crippen MR) is 136 cm³/mol. The topological polar surface area (TPSA) is 125 Å². The number of alkyl halides is 3. The smallest absolute Gasteiger partial charge is 0.343 e. The van der Waals surface area contributed by atoms with Crippen LogP contribution in [0.1, 0.15) is 12.5 Å². The molecule has 1 atom stereocenters. The minimum atomic E-state index is -4.59. The molecule has 3 N–H and O–H groups in total. The molecule has 0 saturated carbocycles. The highest BCUT2D eigenvalue weighted by molar-refractivity contribution is 5.84. The van der Waals surface area contributed by atoms with Crippen LogP contribution in [0.25, 0.3) is 33.6 Å². The number of aromatic nitrogens is 6. The van der Waals surface area contributed by atoms with E-state index in [4.69, 9.17) is 0 Å². The van der Waals surface area contributed by atoms with E-state index < -0.39 is 30.4 Å². The number of hydrogen-bond donors (Lipinski definition) is 2. The highest BCUT2D eigenvalue weighted by Crippen LogP contribution is 2.24. The first kappa shape index (κ1) is 26.5. The number of imidazole rings is 2. The Hall–Kier alpha value is -4.52. The number of para-hydroxylation sites is 1. The third kappa shape index (κ3) is 4.87. The van der Waals surface area contributed by atoms with Crippen LogP contribution in [-0.4, -0.2) is 53.7 Å². The number of carbonyl (C=O) groups is 1. The molecular formula is C25H25F3N8O2. The summed E-state index contributed by atoms with van der Waals surface area (Å²) in [5.74, 6) is -0.718. The number of rotatable bonds is 5. The van der Waals surface area contributed by atoms with Crippen LogP contribution in [-0.2, 0) is 11.3 Å². The minimum Gasteiger partial charge on any atom is -0.343 e. The summed E-state index contributed by atoms with van der Waals surface area (Å²) >= 11 is 0. The molecule has 1 aromatic carbocycles. The Morgan fingerprint density at radius 1 is 1.08 bits per heavy atom. The summed E-state index contributed by atoms with van der Waals surface area (Å²) in [6, 6.07) is 6.80. The van der Waals surface area contributed by atoms with Gasteiger partial charge in [0, 0.05) is 11.8 Å². The fourth-order valence-corrected chi connectivity index (χ4v) is 4.09. The van der Waals surface area contributed by atoms with Gasteiger partial charge < -0.3 is 15.5 Å². The largest absolute Gasteiger partial charge is 0.408 e. The van der Waals surface area contributed by atoms with E-state index in [2.05, 4.69) is 20.7 Å². The van der Waals surface area contributed by atoms with E-state index in [-0.39, 0.29) is 5.82 Å². The number of halogens is 3. The van der Waals surface area contributed by atoms with Crippen LogP contribution in [0, 0.1) is 6.92 Å². The zero-order valence-corrected chi connectivity index (χ0v) is 20.8. The van der Waals surface area contributed by atoms with Crippen molar-refractivity contribution in [1.29, 1.82) is 0 Å². The molecule has 0 bridgehead atoms. The van der Waals surface area contributed by atoms with E-state index in [0.29, 0.717) is 16.7 Å². The molecule has 0 aliphatic heterocycles. The van der Waals surface area contributed by atoms with Crippen molar-refractivity contribution in [3.63, 3.8) is 0 Å². The van der Waals surface area contributed by atoms with E-state index in [9.17, 15) is 22.8 Å². The fraction of sp³-hybridized carbons (Fsp3) is 0.240. The molecule has 0 radical (unpaired) electrons. The Morgan fingerprint density at radius 3 is 2.53 bits per heavy atom. The Bertz CT molecular complexity index is 1650. The molecule has 0 spiro atoms. The molecule has 0 aliphatic rings. The summed E-state index contributed by atoms with van der Waals surface area (Å²) in [5.41, 5.74) is 7.69. The van der Waals surface area contributed by atoms with E-state index in [1.165, 1.54) is 24.0 Å². The van der Waals surface area contributed by atoms with Gasteiger partial charge in [-0.05, 0) is 44.7 Å². The van der Waals surface area contributed by atoms with Crippen molar-refractivity contribution in [3.05, 3.63) is 77.5 Å². The van der Waals surface area contributed by atoms with Crippen LogP contribution in [0.5, 0.6) is 0 Å². The number of pyridine rings is 1. The van der Waals surface area contributed by atoms with Gasteiger partial charge in [-0.1, -0.05) is 12.1 Å². The monoisotopic (exact) mass is 526 g/mol. The summed E-state index contributed by atoms with van der Waals surface area (Å²) in [6.07, 6.45) is 3.61. The molecule has 1 unspecified atom stereocenters. The lowest BCUT2D eigenvalue weighted by Crippen LogP contribution is -2.45. The molecule has 0 saturated heterocycles. The Morgan fingerprint density at radius 2 is 1.84 bits per heavy atom. The fourth-order valence-electron chi connectivity index (χ4n) is 4.09. The summed E-state index contributed by atoms with van der Waals surface area (Å²) < 4.78 is 42.9. The van der Waals surface area contributed by atoms with Gasteiger partial charge in [-0.15, -0.1) is 0 Å². The highest BCUT2D eigenvalue weighted by Gasteiger charge is 2.37. The maximum Gasteiger partial charge on any atom is 0.408 e. The Kier molecular flexibility index (Phi) is 7.30. The van der Waals surface area contributed by atoms with Crippen molar-refractivity contribution in [1.82, 2.24) is 33.8 Å². The number of nitrogens with one attached hydrogen (secondary N) is 1. The lowest BCUT2D eigenvalue weighted by Gasteiger charge is -2.17. The van der Waals surface area contributed by atoms with E-state index in [0.717, 1.165) is 28.1 Å². The standard InChI is InChI=1S/C24H20F3N7O2.CH5N/c1-14-5-3-7-18-22(14)34(23(36)33(18)12-21(35)31-15(2)24(25,26)27)20-11-29-17(9-30-20)16-6-4-8-32-13-28-10-19(16)32;1-2/h3-11,13,15H,12H2,1-2H3,(H,31,35);2H2,1H3. The van der Waals surface area contributed by atoms with E-state index >= 15 is 0 Å². The van der Waals surface area contributed by atoms with Gasteiger partial charge in [-0.3, -0.25) is 14.3 Å². The van der Waals surface area contributed by atoms with Crippen molar-refractivity contribution in [3.8, 4) is 17.1 Å². The van der Waals surface area contributed by atoms with Crippen molar-refractivity contribution in [2.24, 2.45) is 5.73 Å². The third-order valence-electron chi connectivity index (χ3n) is 5.92. The van der Waals surface area contributed by atoms with Gasteiger partial charge in [-0.25, -0.2) is 19.3 Å². The SMILES string of the molecule is CN.Cc1cccc2c1n(-c1cnc(-c3cccn4cncc34)cn1)c(=O)n2CC(=O)NC(C)C(F)(F)F. The molecule has 0 fully saturated rings. The lowest BCUT2D eigenvalue weighted by atomic mass is 10.2. The summed E-state index contributed by atoms with van der Waals surface area (Å²) in [6.45, 7) is 2.05. The van der Waals surface area contributed by atoms with Crippen molar-refractivity contribution in [2.45, 2.75) is 32.6 Å². The maximum absolute atomic E-state index is 13.4. The highest BCUT2D eigenvalue weighted by atomic mass is 19.4. The average Bonchev–Trinajstić information content (AvgIpc) is 3.48. The Balaban J connectivity index is 0.00000164. The van der Waals surface area contributed by atoms with Crippen LogP contribution in [0.2, 0.25) is 0 Å². The molecule has 13 heteroatoms. The molecule has 4 heterocycles. The van der Waals surface area contributed by atoms with E-state index in [1.807, 2.05) is 28.0 Å². The van der Waals surface area contributed by atoms with Crippen molar-refractivity contribution in [2.75, 3.05) is 7.05 Å². The lowest BCUT2D eigenvalue weighted by molar-refractivity contribution is -0.158. The first-order chi connectivity index (χ1) is 18.1. The minimum absolute atomic E-state index is 0.214. The van der Waals surface area contributed by atoms with Crippen LogP contribution in [0.15, 0.2) is 66.2 Å². The van der Waals surface area contributed by atoms with Crippen molar-refractivity contribution >= 4 is 22.5 Å². The molecular weight excluding hydrogens is 501 g/mol. The number of benzene rings is 1. The number of hydrogen-bond acceptors (Lipinski definition) is 6. The van der Waals surface area contributed by atoms with Gasteiger partial charge in [0.05, 0.1) is 47.2 Å². The quantitative estimate of drug-likeness (QED) is 0.363. The molecule has 1 amide bonds. The second kappa shape index (κ2) is 10.5. The normalized spacial score (nSPS) is 12.3. The molecule has 198 valence electrons. The first-order valence-electron chi connectivity index (χ1n) is 11.5. The molecule has 10 nitrogen and oxygen atoms in total. The first-order valence-corrected chi connectivity index (χ1v) is 11.5. The molecule has 4 aromatic heterocycles. The zero-order valence-electron chi connectivity index (χ0n) is 20.8. The number of fused-ring (bicyclic) bond motifs is 2. The second-order valence-electron chi connectivity index (χ2n) is 8.35. The van der Waals surface area contributed by atoms with Gasteiger partial charge in [0.25, 0.3) is 0 Å². The van der Waals surface area contributed by atoms with Crippen LogP contribution < -0.4 is 16.7 Å². The zero-order chi connectivity index (χ0) is 27.6. The number of nitrogens with zero attached hydrogens (tertiary/aromatic N) is 6. The maximum atomic E-state index is 13.4. The van der Waals surface area contributed by atoms with Crippen molar-refractivity contribution < 1.29 is 18.0 Å².